The summed E-state index contributed by atoms with van der Waals surface area (Å²) in [6.07, 6.45) is 3.31. The fourth-order valence-corrected chi connectivity index (χ4v) is 4.16. The standard InChI is InChI=1S/C19H23O2P/c1-15-9-8-10-16(2)18(15)19(20)22(21)14-7-6-13-17-11-4-3-5-12-17/h3-5,8-12,22H,6-7,13-14H2,1-2H3. The molecular weight excluding hydrogens is 291 g/mol. The van der Waals surface area contributed by atoms with E-state index in [1.165, 1.54) is 5.56 Å². The number of hydrogen-bond acceptors (Lipinski definition) is 2. The maximum Gasteiger partial charge on any atom is 0.219 e. The molecule has 0 saturated carbocycles. The summed E-state index contributed by atoms with van der Waals surface area (Å²) in [7, 11) is -2.21. The van der Waals surface area contributed by atoms with Gasteiger partial charge in [-0.25, -0.2) is 0 Å². The molecule has 0 fully saturated rings. The minimum absolute atomic E-state index is 0.152. The molecule has 0 amide bonds. The molecule has 116 valence electrons. The first-order chi connectivity index (χ1) is 10.6. The Labute approximate surface area is 133 Å². The molecule has 0 bridgehead atoms. The van der Waals surface area contributed by atoms with E-state index in [-0.39, 0.29) is 5.52 Å². The highest BCUT2D eigenvalue weighted by Crippen LogP contribution is 2.31. The summed E-state index contributed by atoms with van der Waals surface area (Å²) in [6, 6.07) is 16.0. The zero-order valence-corrected chi connectivity index (χ0v) is 14.3. The van der Waals surface area contributed by atoms with Gasteiger partial charge in [-0.2, -0.15) is 0 Å². The van der Waals surface area contributed by atoms with Gasteiger partial charge in [0.15, 0.2) is 0 Å². The summed E-state index contributed by atoms with van der Waals surface area (Å²) < 4.78 is 12.3. The average molecular weight is 314 g/mol. The molecule has 1 atom stereocenters. The quantitative estimate of drug-likeness (QED) is 0.531. The summed E-state index contributed by atoms with van der Waals surface area (Å²) in [5.41, 5.74) is 3.65. The van der Waals surface area contributed by atoms with E-state index < -0.39 is 7.80 Å². The summed E-state index contributed by atoms with van der Waals surface area (Å²) in [5, 5.41) is 0. The first-order valence-corrected chi connectivity index (χ1v) is 9.39. The lowest BCUT2D eigenvalue weighted by Crippen LogP contribution is -2.02. The van der Waals surface area contributed by atoms with E-state index in [4.69, 9.17) is 0 Å². The lowest BCUT2D eigenvalue weighted by molar-refractivity contribution is 0.107. The van der Waals surface area contributed by atoms with Crippen molar-refractivity contribution in [3.05, 3.63) is 70.8 Å². The number of hydrogen-bond donors (Lipinski definition) is 0. The normalized spacial score (nSPS) is 12.1. The average Bonchev–Trinajstić information content (AvgIpc) is 2.52. The Hall–Kier alpha value is -1.66. The van der Waals surface area contributed by atoms with Gasteiger partial charge in [-0.15, -0.1) is 0 Å². The number of unbranched alkanes of at least 4 members (excludes halogenated alkanes) is 1. The first kappa shape index (κ1) is 16.7. The van der Waals surface area contributed by atoms with Crippen LogP contribution in [-0.2, 0) is 11.0 Å². The van der Waals surface area contributed by atoms with Gasteiger partial charge in [-0.1, -0.05) is 48.5 Å². The van der Waals surface area contributed by atoms with Crippen LogP contribution in [0.1, 0.15) is 39.9 Å². The maximum absolute atomic E-state index is 12.4. The highest BCUT2D eigenvalue weighted by Gasteiger charge is 2.17. The molecule has 0 heterocycles. The van der Waals surface area contributed by atoms with Gasteiger partial charge in [0.05, 0.1) is 0 Å². The third-order valence-corrected chi connectivity index (χ3v) is 5.49. The fourth-order valence-electron chi connectivity index (χ4n) is 2.68. The molecule has 22 heavy (non-hydrogen) atoms. The maximum atomic E-state index is 12.4. The van der Waals surface area contributed by atoms with Crippen molar-refractivity contribution in [3.8, 4) is 0 Å². The van der Waals surface area contributed by atoms with Crippen LogP contribution < -0.4 is 0 Å². The van der Waals surface area contributed by atoms with E-state index in [2.05, 4.69) is 12.1 Å². The SMILES string of the molecule is Cc1cccc(C)c1C(=O)[PH](=O)CCCCc1ccccc1. The molecule has 0 N–H and O–H groups in total. The third-order valence-electron chi connectivity index (χ3n) is 3.92. The van der Waals surface area contributed by atoms with Crippen LogP contribution in [0.5, 0.6) is 0 Å². The minimum atomic E-state index is -2.21. The summed E-state index contributed by atoms with van der Waals surface area (Å²) in [5.74, 6) is 0. The molecule has 0 aromatic heterocycles. The zero-order valence-electron chi connectivity index (χ0n) is 13.3. The second kappa shape index (κ2) is 8.10. The zero-order chi connectivity index (χ0) is 15.9. The van der Waals surface area contributed by atoms with Crippen LogP contribution in [0.2, 0.25) is 0 Å². The Morgan fingerprint density at radius 1 is 0.909 bits per heavy atom. The highest BCUT2D eigenvalue weighted by molar-refractivity contribution is 7.64. The van der Waals surface area contributed by atoms with Gasteiger partial charge in [-0.3, -0.25) is 4.79 Å². The van der Waals surface area contributed by atoms with E-state index in [0.717, 1.165) is 30.4 Å². The van der Waals surface area contributed by atoms with Gasteiger partial charge in [0, 0.05) is 11.7 Å². The molecule has 2 rings (SSSR count). The lowest BCUT2D eigenvalue weighted by atomic mass is 10.0. The van der Waals surface area contributed by atoms with Crippen LogP contribution >= 0.6 is 7.80 Å². The fraction of sp³-hybridized carbons (Fsp3) is 0.316. The van der Waals surface area contributed by atoms with Crippen LogP contribution in [0, 0.1) is 13.8 Å². The lowest BCUT2D eigenvalue weighted by Gasteiger charge is -2.08. The molecule has 0 aliphatic rings. The van der Waals surface area contributed by atoms with E-state index in [0.29, 0.717) is 11.7 Å². The predicted octanol–water partition coefficient (Wildman–Crippen LogP) is 5.03. The third kappa shape index (κ3) is 4.42. The Bertz CT molecular complexity index is 642. The molecule has 2 aromatic carbocycles. The molecule has 0 saturated heterocycles. The number of carbonyl (C=O) groups excluding carboxylic acids is 1. The second-order valence-corrected chi connectivity index (χ2v) is 7.51. The summed E-state index contributed by atoms with van der Waals surface area (Å²) >= 11 is 0. The first-order valence-electron chi connectivity index (χ1n) is 7.77. The van der Waals surface area contributed by atoms with Crippen molar-refractivity contribution in [2.75, 3.05) is 6.16 Å². The van der Waals surface area contributed by atoms with Crippen molar-refractivity contribution in [1.82, 2.24) is 0 Å². The molecule has 0 aliphatic heterocycles. The monoisotopic (exact) mass is 314 g/mol. The second-order valence-electron chi connectivity index (χ2n) is 5.71. The number of aryl methyl sites for hydroxylation is 3. The van der Waals surface area contributed by atoms with E-state index >= 15 is 0 Å². The smallest absolute Gasteiger partial charge is 0.219 e. The van der Waals surface area contributed by atoms with Crippen molar-refractivity contribution in [3.63, 3.8) is 0 Å². The van der Waals surface area contributed by atoms with E-state index in [1.54, 1.807) is 0 Å². The molecule has 1 unspecified atom stereocenters. The Morgan fingerprint density at radius 2 is 1.55 bits per heavy atom. The number of benzene rings is 2. The van der Waals surface area contributed by atoms with Crippen LogP contribution in [0.15, 0.2) is 48.5 Å². The summed E-state index contributed by atoms with van der Waals surface area (Å²) in [4.78, 5) is 12.4. The van der Waals surface area contributed by atoms with Gasteiger partial charge in [0.25, 0.3) is 0 Å². The van der Waals surface area contributed by atoms with Crippen LogP contribution in [-0.4, -0.2) is 11.7 Å². The molecule has 0 spiro atoms. The topological polar surface area (TPSA) is 34.1 Å². The van der Waals surface area contributed by atoms with Gasteiger partial charge < -0.3 is 4.57 Å². The van der Waals surface area contributed by atoms with Crippen LogP contribution in [0.4, 0.5) is 0 Å². The molecule has 0 radical (unpaired) electrons. The Morgan fingerprint density at radius 3 is 2.18 bits per heavy atom. The molecule has 0 aliphatic carbocycles. The van der Waals surface area contributed by atoms with Crippen molar-refractivity contribution in [2.45, 2.75) is 33.1 Å². The Kier molecular flexibility index (Phi) is 6.15. The largest absolute Gasteiger partial charge is 0.318 e. The van der Waals surface area contributed by atoms with E-state index in [1.807, 2.05) is 50.2 Å². The number of carbonyl (C=O) groups is 1. The van der Waals surface area contributed by atoms with Crippen molar-refractivity contribution in [1.29, 1.82) is 0 Å². The minimum Gasteiger partial charge on any atom is -0.318 e. The molecule has 3 heteroatoms. The molecule has 2 aromatic rings. The van der Waals surface area contributed by atoms with Gasteiger partial charge in [-0.05, 0) is 49.8 Å². The van der Waals surface area contributed by atoms with Crippen LogP contribution in [0.3, 0.4) is 0 Å². The van der Waals surface area contributed by atoms with E-state index in [9.17, 15) is 9.36 Å². The van der Waals surface area contributed by atoms with Crippen molar-refractivity contribution >= 4 is 13.3 Å². The molecule has 2 nitrogen and oxygen atoms in total. The summed E-state index contributed by atoms with van der Waals surface area (Å²) in [6.45, 7) is 3.82. The predicted molar refractivity (Wildman–Crippen MR) is 93.5 cm³/mol. The molecular formula is C19H23O2P. The van der Waals surface area contributed by atoms with Crippen molar-refractivity contribution < 1.29 is 9.36 Å². The van der Waals surface area contributed by atoms with Crippen molar-refractivity contribution in [2.24, 2.45) is 0 Å². The number of rotatable bonds is 7. The highest BCUT2D eigenvalue weighted by atomic mass is 31.1. The van der Waals surface area contributed by atoms with Crippen LogP contribution in [0.25, 0.3) is 0 Å². The Balaban J connectivity index is 1.86. The van der Waals surface area contributed by atoms with Gasteiger partial charge in [0.1, 0.15) is 7.80 Å². The van der Waals surface area contributed by atoms with Gasteiger partial charge >= 0.3 is 0 Å². The van der Waals surface area contributed by atoms with Gasteiger partial charge in [0.2, 0.25) is 5.52 Å².